The first-order valence-electron chi connectivity index (χ1n) is 4.95. The molecule has 2 rings (SSSR count). The van der Waals surface area contributed by atoms with E-state index >= 15 is 0 Å². The van der Waals surface area contributed by atoms with Crippen LogP contribution >= 0.6 is 11.5 Å². The Labute approximate surface area is 101 Å². The van der Waals surface area contributed by atoms with Crippen molar-refractivity contribution in [1.82, 2.24) is 14.6 Å². The van der Waals surface area contributed by atoms with Crippen molar-refractivity contribution in [3.05, 3.63) is 34.8 Å². The molecule has 1 N–H and O–H groups in total. The van der Waals surface area contributed by atoms with Gasteiger partial charge in [0.2, 0.25) is 5.95 Å². The lowest BCUT2D eigenvalue weighted by molar-refractivity contribution is 0.102. The predicted molar refractivity (Wildman–Crippen MR) is 61.4 cm³/mol. The molecule has 2 heterocycles. The van der Waals surface area contributed by atoms with Crippen molar-refractivity contribution in [2.45, 2.75) is 13.3 Å². The summed E-state index contributed by atoms with van der Waals surface area (Å²) in [5, 5.41) is 6.45. The van der Waals surface area contributed by atoms with Gasteiger partial charge in [-0.3, -0.25) is 4.79 Å². The zero-order chi connectivity index (χ0) is 12.3. The Bertz CT molecular complexity index is 525. The topological polar surface area (TPSA) is 67.8 Å². The average Bonchev–Trinajstić information content (AvgIpc) is 2.80. The Kier molecular flexibility index (Phi) is 3.38. The summed E-state index contributed by atoms with van der Waals surface area (Å²) in [5.74, 6) is -0.887. The standard InChI is InChI=1S/C10H9FN4OS/c1-2-7-9(17-15-14-7)10(16)13-6-3-4-8(11)12-5-6/h3-5H,2H2,1H3,(H,13,16). The molecule has 0 aliphatic carbocycles. The average molecular weight is 252 g/mol. The molecule has 0 unspecified atom stereocenters. The van der Waals surface area contributed by atoms with Gasteiger partial charge in [0, 0.05) is 0 Å². The number of aryl methyl sites for hydroxylation is 1. The number of nitrogens with one attached hydrogen (secondary N) is 1. The van der Waals surface area contributed by atoms with E-state index in [2.05, 4.69) is 19.9 Å². The third-order valence-electron chi connectivity index (χ3n) is 2.08. The first-order valence-corrected chi connectivity index (χ1v) is 5.72. The van der Waals surface area contributed by atoms with Gasteiger partial charge < -0.3 is 5.32 Å². The maximum Gasteiger partial charge on any atom is 0.269 e. The Morgan fingerprint density at radius 1 is 1.53 bits per heavy atom. The number of anilines is 1. The molecule has 2 aromatic rings. The summed E-state index contributed by atoms with van der Waals surface area (Å²) in [6.07, 6.45) is 1.90. The second-order valence-corrected chi connectivity index (χ2v) is 3.98. The van der Waals surface area contributed by atoms with Crippen LogP contribution in [0.1, 0.15) is 22.3 Å². The summed E-state index contributed by atoms with van der Waals surface area (Å²) in [6, 6.07) is 2.63. The number of pyridine rings is 1. The van der Waals surface area contributed by atoms with Crippen molar-refractivity contribution >= 4 is 23.1 Å². The molecule has 0 bridgehead atoms. The number of carbonyl (C=O) groups excluding carboxylic acids is 1. The summed E-state index contributed by atoms with van der Waals surface area (Å²) in [6.45, 7) is 1.90. The molecule has 2 aromatic heterocycles. The van der Waals surface area contributed by atoms with E-state index in [0.29, 0.717) is 22.7 Å². The third-order valence-corrected chi connectivity index (χ3v) is 2.85. The van der Waals surface area contributed by atoms with E-state index < -0.39 is 5.95 Å². The van der Waals surface area contributed by atoms with Gasteiger partial charge >= 0.3 is 0 Å². The minimum absolute atomic E-state index is 0.301. The van der Waals surface area contributed by atoms with Gasteiger partial charge in [0.05, 0.1) is 17.6 Å². The van der Waals surface area contributed by atoms with Crippen molar-refractivity contribution in [1.29, 1.82) is 0 Å². The van der Waals surface area contributed by atoms with Crippen LogP contribution in [0.4, 0.5) is 10.1 Å². The lowest BCUT2D eigenvalue weighted by Crippen LogP contribution is -2.12. The first kappa shape index (κ1) is 11.6. The minimum atomic E-state index is -0.586. The van der Waals surface area contributed by atoms with E-state index in [1.54, 1.807) is 0 Å². The molecule has 5 nitrogen and oxygen atoms in total. The molecule has 0 aliphatic rings. The zero-order valence-electron chi connectivity index (χ0n) is 8.98. The highest BCUT2D eigenvalue weighted by Gasteiger charge is 2.15. The van der Waals surface area contributed by atoms with Gasteiger partial charge in [0.15, 0.2) is 0 Å². The van der Waals surface area contributed by atoms with Gasteiger partial charge in [0.25, 0.3) is 5.91 Å². The van der Waals surface area contributed by atoms with Crippen molar-refractivity contribution in [2.75, 3.05) is 5.32 Å². The molecular weight excluding hydrogens is 243 g/mol. The van der Waals surface area contributed by atoms with E-state index in [1.165, 1.54) is 18.3 Å². The Hall–Kier alpha value is -1.89. The van der Waals surface area contributed by atoms with Crippen LogP contribution in [0.15, 0.2) is 18.3 Å². The van der Waals surface area contributed by atoms with Crippen LogP contribution in [-0.4, -0.2) is 20.5 Å². The largest absolute Gasteiger partial charge is 0.320 e. The Balaban J connectivity index is 2.14. The maximum atomic E-state index is 12.6. The molecular formula is C10H9FN4OS. The number of halogens is 1. The molecule has 0 aliphatic heterocycles. The van der Waals surface area contributed by atoms with Crippen LogP contribution in [0.5, 0.6) is 0 Å². The number of nitrogens with zero attached hydrogens (tertiary/aromatic N) is 3. The molecule has 0 saturated heterocycles. The fraction of sp³-hybridized carbons (Fsp3) is 0.200. The summed E-state index contributed by atoms with van der Waals surface area (Å²) in [4.78, 5) is 15.8. The number of hydrogen-bond acceptors (Lipinski definition) is 5. The van der Waals surface area contributed by atoms with Gasteiger partial charge in [-0.05, 0) is 30.1 Å². The predicted octanol–water partition coefficient (Wildman–Crippen LogP) is 1.89. The van der Waals surface area contributed by atoms with Crippen LogP contribution < -0.4 is 5.32 Å². The summed E-state index contributed by atoms with van der Waals surface area (Å²) >= 11 is 1.04. The Morgan fingerprint density at radius 2 is 2.35 bits per heavy atom. The SMILES string of the molecule is CCc1nnsc1C(=O)Nc1ccc(F)nc1. The zero-order valence-corrected chi connectivity index (χ0v) is 9.79. The Morgan fingerprint density at radius 3 is 3.00 bits per heavy atom. The van der Waals surface area contributed by atoms with Crippen molar-refractivity contribution in [2.24, 2.45) is 0 Å². The molecule has 0 radical (unpaired) electrons. The molecule has 88 valence electrons. The van der Waals surface area contributed by atoms with Gasteiger partial charge in [-0.25, -0.2) is 4.98 Å². The molecule has 0 aromatic carbocycles. The van der Waals surface area contributed by atoms with Crippen LogP contribution in [0.3, 0.4) is 0 Å². The fourth-order valence-corrected chi connectivity index (χ4v) is 1.90. The normalized spacial score (nSPS) is 10.2. The lowest BCUT2D eigenvalue weighted by atomic mass is 10.3. The van der Waals surface area contributed by atoms with Crippen LogP contribution in [0.25, 0.3) is 0 Å². The summed E-state index contributed by atoms with van der Waals surface area (Å²) < 4.78 is 16.3. The maximum absolute atomic E-state index is 12.6. The van der Waals surface area contributed by atoms with Gasteiger partial charge in [-0.2, -0.15) is 4.39 Å². The number of rotatable bonds is 3. The van der Waals surface area contributed by atoms with Crippen molar-refractivity contribution in [3.63, 3.8) is 0 Å². The lowest BCUT2D eigenvalue weighted by Gasteiger charge is -2.02. The molecule has 1 amide bonds. The van der Waals surface area contributed by atoms with E-state index in [1.807, 2.05) is 6.92 Å². The van der Waals surface area contributed by atoms with E-state index in [9.17, 15) is 9.18 Å². The van der Waals surface area contributed by atoms with E-state index in [-0.39, 0.29) is 5.91 Å². The highest BCUT2D eigenvalue weighted by Crippen LogP contribution is 2.14. The fourth-order valence-electron chi connectivity index (χ4n) is 1.25. The molecule has 7 heteroatoms. The highest BCUT2D eigenvalue weighted by atomic mass is 32.1. The second kappa shape index (κ2) is 4.96. The summed E-state index contributed by atoms with van der Waals surface area (Å²) in [7, 11) is 0. The quantitative estimate of drug-likeness (QED) is 0.847. The van der Waals surface area contributed by atoms with Crippen LogP contribution in [-0.2, 0) is 6.42 Å². The molecule has 0 atom stereocenters. The molecule has 0 fully saturated rings. The molecule has 17 heavy (non-hydrogen) atoms. The van der Waals surface area contributed by atoms with E-state index in [4.69, 9.17) is 0 Å². The summed E-state index contributed by atoms with van der Waals surface area (Å²) in [5.41, 5.74) is 1.09. The highest BCUT2D eigenvalue weighted by molar-refractivity contribution is 7.08. The smallest absolute Gasteiger partial charge is 0.269 e. The third kappa shape index (κ3) is 2.62. The minimum Gasteiger partial charge on any atom is -0.320 e. The van der Waals surface area contributed by atoms with E-state index in [0.717, 1.165) is 11.5 Å². The van der Waals surface area contributed by atoms with Gasteiger partial charge in [-0.15, -0.1) is 5.10 Å². The van der Waals surface area contributed by atoms with Gasteiger partial charge in [-0.1, -0.05) is 11.4 Å². The second-order valence-electron chi connectivity index (χ2n) is 3.23. The van der Waals surface area contributed by atoms with Crippen LogP contribution in [0.2, 0.25) is 0 Å². The molecule has 0 spiro atoms. The van der Waals surface area contributed by atoms with Crippen molar-refractivity contribution < 1.29 is 9.18 Å². The number of amides is 1. The van der Waals surface area contributed by atoms with Crippen LogP contribution in [0, 0.1) is 5.95 Å². The van der Waals surface area contributed by atoms with Gasteiger partial charge in [0.1, 0.15) is 4.88 Å². The monoisotopic (exact) mass is 252 g/mol. The molecule has 0 saturated carbocycles. The number of hydrogen-bond donors (Lipinski definition) is 1. The number of aromatic nitrogens is 3. The first-order chi connectivity index (χ1) is 8.20. The number of carbonyl (C=O) groups is 1. The van der Waals surface area contributed by atoms with Crippen molar-refractivity contribution in [3.8, 4) is 0 Å².